The van der Waals surface area contributed by atoms with Crippen LogP contribution in [0.1, 0.15) is 57.1 Å². The van der Waals surface area contributed by atoms with Crippen molar-refractivity contribution >= 4 is 11.6 Å². The van der Waals surface area contributed by atoms with E-state index >= 15 is 0 Å². The summed E-state index contributed by atoms with van der Waals surface area (Å²) in [4.78, 5) is 0. The third kappa shape index (κ3) is 7.43. The summed E-state index contributed by atoms with van der Waals surface area (Å²) in [6.07, 6.45) is 6.43. The zero-order valence-corrected chi connectivity index (χ0v) is 17.4. The van der Waals surface area contributed by atoms with Gasteiger partial charge in [-0.15, -0.1) is 0 Å². The highest BCUT2D eigenvalue weighted by atomic mass is 35.5. The number of nitrogens with one attached hydrogen (secondary N) is 1. The molecule has 0 fully saturated rings. The molecule has 0 radical (unpaired) electrons. The van der Waals surface area contributed by atoms with Crippen molar-refractivity contribution in [2.45, 2.75) is 59.1 Å². The minimum absolute atomic E-state index is 0.424. The molecule has 2 rings (SSSR count). The maximum Gasteiger partial charge on any atom is 0.166 e. The van der Waals surface area contributed by atoms with Crippen molar-refractivity contribution in [3.05, 3.63) is 58.6 Å². The fourth-order valence-corrected chi connectivity index (χ4v) is 3.17. The van der Waals surface area contributed by atoms with E-state index < -0.39 is 0 Å². The van der Waals surface area contributed by atoms with Crippen molar-refractivity contribution in [2.75, 3.05) is 13.2 Å². The summed E-state index contributed by atoms with van der Waals surface area (Å²) in [5, 5.41) is 4.26. The fraction of sp³-hybridized carbons (Fsp3) is 0.478. The van der Waals surface area contributed by atoms with Gasteiger partial charge in [0.25, 0.3) is 0 Å². The number of para-hydroxylation sites is 1. The van der Waals surface area contributed by atoms with Gasteiger partial charge in [-0.05, 0) is 32.0 Å². The first-order valence-electron chi connectivity index (χ1n) is 10.1. The molecule has 4 heteroatoms. The van der Waals surface area contributed by atoms with E-state index in [9.17, 15) is 0 Å². The van der Waals surface area contributed by atoms with Crippen LogP contribution in [0.15, 0.2) is 42.5 Å². The summed E-state index contributed by atoms with van der Waals surface area (Å²) in [5.74, 6) is 1.59. The first-order chi connectivity index (χ1) is 13.3. The first kappa shape index (κ1) is 21.6. The summed E-state index contributed by atoms with van der Waals surface area (Å²) in [7, 11) is 0. The van der Waals surface area contributed by atoms with Crippen LogP contribution in [0.25, 0.3) is 0 Å². The van der Waals surface area contributed by atoms with Gasteiger partial charge in [0, 0.05) is 22.7 Å². The minimum Gasteiger partial charge on any atom is -0.490 e. The van der Waals surface area contributed by atoms with Gasteiger partial charge < -0.3 is 14.8 Å². The topological polar surface area (TPSA) is 30.5 Å². The molecule has 2 aromatic rings. The Bertz CT molecular complexity index is 675. The van der Waals surface area contributed by atoms with Gasteiger partial charge in [0.2, 0.25) is 0 Å². The highest BCUT2D eigenvalue weighted by Crippen LogP contribution is 2.32. The van der Waals surface area contributed by atoms with E-state index in [4.69, 9.17) is 21.1 Å². The van der Waals surface area contributed by atoms with Crippen LogP contribution in [0, 0.1) is 0 Å². The van der Waals surface area contributed by atoms with E-state index in [1.807, 2.05) is 43.3 Å². The van der Waals surface area contributed by atoms with Crippen molar-refractivity contribution in [3.63, 3.8) is 0 Å². The third-order valence-electron chi connectivity index (χ3n) is 4.46. The lowest BCUT2D eigenvalue weighted by Gasteiger charge is -2.17. The van der Waals surface area contributed by atoms with Gasteiger partial charge >= 0.3 is 0 Å². The molecule has 0 aliphatic rings. The molecule has 0 spiro atoms. The Hall–Kier alpha value is -1.71. The highest BCUT2D eigenvalue weighted by molar-refractivity contribution is 6.31. The molecular weight excluding hydrogens is 358 g/mol. The predicted molar refractivity (Wildman–Crippen MR) is 114 cm³/mol. The molecular formula is C23H32ClNO2. The molecule has 27 heavy (non-hydrogen) atoms. The van der Waals surface area contributed by atoms with Gasteiger partial charge in [-0.2, -0.15) is 0 Å². The van der Waals surface area contributed by atoms with Crippen LogP contribution < -0.4 is 14.8 Å². The van der Waals surface area contributed by atoms with E-state index in [1.54, 1.807) is 0 Å². The molecule has 0 bridgehead atoms. The standard InChI is InChI=1S/C23H32ClNO2/c1-3-5-6-7-10-16-25-17-19-13-11-15-22(26-4-2)23(19)27-18-20-12-8-9-14-21(20)24/h8-9,11-15,25H,3-7,10,16-18H2,1-2H3. The van der Waals surface area contributed by atoms with E-state index in [-0.39, 0.29) is 0 Å². The number of ether oxygens (including phenoxy) is 2. The van der Waals surface area contributed by atoms with Crippen molar-refractivity contribution in [3.8, 4) is 11.5 Å². The summed E-state index contributed by atoms with van der Waals surface area (Å²) in [5.41, 5.74) is 2.09. The lowest BCUT2D eigenvalue weighted by Crippen LogP contribution is -2.16. The Morgan fingerprint density at radius 3 is 2.41 bits per heavy atom. The average molecular weight is 390 g/mol. The highest BCUT2D eigenvalue weighted by Gasteiger charge is 2.12. The smallest absolute Gasteiger partial charge is 0.166 e. The first-order valence-corrected chi connectivity index (χ1v) is 10.5. The normalized spacial score (nSPS) is 10.8. The van der Waals surface area contributed by atoms with Crippen molar-refractivity contribution in [1.82, 2.24) is 5.32 Å². The van der Waals surface area contributed by atoms with Crippen molar-refractivity contribution < 1.29 is 9.47 Å². The lowest BCUT2D eigenvalue weighted by molar-refractivity contribution is 0.266. The molecule has 0 unspecified atom stereocenters. The summed E-state index contributed by atoms with van der Waals surface area (Å²) < 4.78 is 11.9. The van der Waals surface area contributed by atoms with Gasteiger partial charge in [-0.1, -0.05) is 74.5 Å². The van der Waals surface area contributed by atoms with Gasteiger partial charge in [0.1, 0.15) is 6.61 Å². The lowest BCUT2D eigenvalue weighted by atomic mass is 10.1. The zero-order valence-electron chi connectivity index (χ0n) is 16.6. The van der Waals surface area contributed by atoms with Crippen molar-refractivity contribution in [2.24, 2.45) is 0 Å². The van der Waals surface area contributed by atoms with Gasteiger partial charge in [-0.25, -0.2) is 0 Å². The van der Waals surface area contributed by atoms with E-state index in [0.29, 0.717) is 13.2 Å². The third-order valence-corrected chi connectivity index (χ3v) is 4.83. The Morgan fingerprint density at radius 2 is 1.63 bits per heavy atom. The molecule has 3 nitrogen and oxygen atoms in total. The predicted octanol–water partition coefficient (Wildman–Crippen LogP) is 6.38. The van der Waals surface area contributed by atoms with E-state index in [2.05, 4.69) is 18.3 Å². The molecule has 148 valence electrons. The van der Waals surface area contributed by atoms with Crippen LogP contribution in [0.5, 0.6) is 11.5 Å². The monoisotopic (exact) mass is 389 g/mol. The maximum absolute atomic E-state index is 6.26. The van der Waals surface area contributed by atoms with E-state index in [1.165, 1.54) is 32.1 Å². The van der Waals surface area contributed by atoms with Crippen LogP contribution in [0.3, 0.4) is 0 Å². The van der Waals surface area contributed by atoms with Crippen LogP contribution >= 0.6 is 11.6 Å². The molecule has 0 aliphatic carbocycles. The molecule has 2 aromatic carbocycles. The SMILES string of the molecule is CCCCCCCNCc1cccc(OCC)c1OCc1ccccc1Cl. The Balaban J connectivity index is 1.97. The zero-order chi connectivity index (χ0) is 19.3. The van der Waals surface area contributed by atoms with Gasteiger partial charge in [0.15, 0.2) is 11.5 Å². The Labute approximate surface area is 169 Å². The minimum atomic E-state index is 0.424. The second-order valence-corrected chi connectivity index (χ2v) is 7.06. The van der Waals surface area contributed by atoms with Crippen LogP contribution in [0.2, 0.25) is 5.02 Å². The number of rotatable bonds is 13. The van der Waals surface area contributed by atoms with Crippen molar-refractivity contribution in [1.29, 1.82) is 0 Å². The molecule has 0 aromatic heterocycles. The van der Waals surface area contributed by atoms with Crippen LogP contribution in [0.4, 0.5) is 0 Å². The summed E-state index contributed by atoms with van der Waals surface area (Å²) in [6.45, 7) is 7.05. The number of hydrogen-bond donors (Lipinski definition) is 1. The summed E-state index contributed by atoms with van der Waals surface area (Å²) in [6, 6.07) is 13.8. The second kappa shape index (κ2) is 12.6. The molecule has 0 saturated heterocycles. The Morgan fingerprint density at radius 1 is 0.852 bits per heavy atom. The summed E-state index contributed by atoms with van der Waals surface area (Å²) >= 11 is 6.26. The van der Waals surface area contributed by atoms with Gasteiger partial charge in [-0.3, -0.25) is 0 Å². The number of benzene rings is 2. The molecule has 0 amide bonds. The molecule has 0 heterocycles. The Kier molecular flexibility index (Phi) is 10.1. The largest absolute Gasteiger partial charge is 0.490 e. The molecule has 0 aliphatic heterocycles. The van der Waals surface area contributed by atoms with Crippen LogP contribution in [-0.2, 0) is 13.2 Å². The number of halogens is 1. The average Bonchev–Trinajstić information content (AvgIpc) is 2.68. The van der Waals surface area contributed by atoms with E-state index in [0.717, 1.165) is 40.7 Å². The second-order valence-electron chi connectivity index (χ2n) is 6.65. The van der Waals surface area contributed by atoms with Gasteiger partial charge in [0.05, 0.1) is 6.61 Å². The molecule has 0 saturated carbocycles. The molecule has 1 N–H and O–H groups in total. The number of hydrogen-bond acceptors (Lipinski definition) is 3. The quantitative estimate of drug-likeness (QED) is 0.403. The fourth-order valence-electron chi connectivity index (χ4n) is 2.98. The number of unbranched alkanes of at least 4 members (excludes halogenated alkanes) is 4. The van der Waals surface area contributed by atoms with Crippen LogP contribution in [-0.4, -0.2) is 13.2 Å². The maximum atomic E-state index is 6.26. The molecule has 0 atom stereocenters.